The van der Waals surface area contributed by atoms with Crippen molar-refractivity contribution in [1.29, 1.82) is 0 Å². The fraction of sp³-hybridized carbons (Fsp3) is 0.300. The average Bonchev–Trinajstić information content (AvgIpc) is 2.67. The van der Waals surface area contributed by atoms with E-state index in [0.717, 1.165) is 19.3 Å². The maximum atomic E-state index is 13.0. The lowest BCUT2D eigenvalue weighted by molar-refractivity contribution is -0.142. The van der Waals surface area contributed by atoms with E-state index in [9.17, 15) is 9.59 Å². The van der Waals surface area contributed by atoms with Gasteiger partial charge in [-0.2, -0.15) is 0 Å². The van der Waals surface area contributed by atoms with Gasteiger partial charge in [0.05, 0.1) is 15.6 Å². The molecule has 0 aromatic heterocycles. The zero-order valence-electron chi connectivity index (χ0n) is 14.2. The Hall–Kier alpha value is -2.04. The number of carbonyl (C=O) groups is 2. The van der Waals surface area contributed by atoms with Gasteiger partial charge in [-0.15, -0.1) is 0 Å². The van der Waals surface area contributed by atoms with Crippen molar-refractivity contribution < 1.29 is 14.3 Å². The van der Waals surface area contributed by atoms with Gasteiger partial charge < -0.3 is 9.64 Å². The van der Waals surface area contributed by atoms with E-state index in [-0.39, 0.29) is 21.5 Å². The molecule has 0 saturated carbocycles. The van der Waals surface area contributed by atoms with Crippen LogP contribution in [0.25, 0.3) is 0 Å². The number of piperidine rings is 1. The summed E-state index contributed by atoms with van der Waals surface area (Å²) >= 11 is 12.2. The maximum Gasteiger partial charge on any atom is 0.342 e. The molecule has 1 saturated heterocycles. The molecular formula is C20H19Cl2NO3. The molecule has 6 heteroatoms. The average molecular weight is 392 g/mol. The summed E-state index contributed by atoms with van der Waals surface area (Å²) < 4.78 is 5.60. The summed E-state index contributed by atoms with van der Waals surface area (Å²) in [7, 11) is 0. The molecule has 0 unspecified atom stereocenters. The molecule has 2 aromatic rings. The molecule has 0 aliphatic carbocycles. The van der Waals surface area contributed by atoms with Crippen LogP contribution in [-0.4, -0.2) is 29.9 Å². The zero-order chi connectivity index (χ0) is 18.5. The summed E-state index contributed by atoms with van der Waals surface area (Å²) in [5.74, 6) is -0.924. The Balaban J connectivity index is 1.88. The quantitative estimate of drug-likeness (QED) is 0.695. The van der Waals surface area contributed by atoms with Gasteiger partial charge in [0.1, 0.15) is 0 Å². The lowest BCUT2D eigenvalue weighted by Gasteiger charge is -2.30. The Morgan fingerprint density at radius 1 is 0.885 bits per heavy atom. The topological polar surface area (TPSA) is 46.6 Å². The van der Waals surface area contributed by atoms with Crippen molar-refractivity contribution in [3.8, 4) is 0 Å². The highest BCUT2D eigenvalue weighted by Gasteiger charge is 2.31. The van der Waals surface area contributed by atoms with Crippen LogP contribution in [0.15, 0.2) is 48.5 Å². The largest absolute Gasteiger partial charge is 0.444 e. The van der Waals surface area contributed by atoms with Gasteiger partial charge >= 0.3 is 5.97 Å². The Bertz CT molecular complexity index is 769. The summed E-state index contributed by atoms with van der Waals surface area (Å²) in [6.07, 6.45) is 2.00. The highest BCUT2D eigenvalue weighted by atomic mass is 35.5. The van der Waals surface area contributed by atoms with Gasteiger partial charge in [-0.1, -0.05) is 59.6 Å². The third kappa shape index (κ3) is 4.19. The first kappa shape index (κ1) is 18.7. The number of ether oxygens (including phenoxy) is 1. The van der Waals surface area contributed by atoms with Gasteiger partial charge in [-0.3, -0.25) is 4.79 Å². The Kier molecular flexibility index (Phi) is 6.17. The van der Waals surface area contributed by atoms with Gasteiger partial charge in [0.2, 0.25) is 6.10 Å². The van der Waals surface area contributed by atoms with E-state index in [1.54, 1.807) is 35.2 Å². The first-order valence-corrected chi connectivity index (χ1v) is 9.32. The number of nitrogens with zero attached hydrogens (tertiary/aromatic N) is 1. The number of likely N-dealkylation sites (tertiary alicyclic amines) is 1. The van der Waals surface area contributed by atoms with Crippen LogP contribution in [0.1, 0.15) is 41.3 Å². The van der Waals surface area contributed by atoms with Crippen LogP contribution in [0, 0.1) is 0 Å². The molecular weight excluding hydrogens is 373 g/mol. The van der Waals surface area contributed by atoms with Crippen LogP contribution >= 0.6 is 23.2 Å². The third-order valence-electron chi connectivity index (χ3n) is 4.39. The highest BCUT2D eigenvalue weighted by Crippen LogP contribution is 2.29. The molecule has 1 aliphatic heterocycles. The number of benzene rings is 2. The fourth-order valence-electron chi connectivity index (χ4n) is 3.03. The smallest absolute Gasteiger partial charge is 0.342 e. The van der Waals surface area contributed by atoms with Crippen molar-refractivity contribution in [1.82, 2.24) is 4.90 Å². The number of halogens is 2. The van der Waals surface area contributed by atoms with Crippen LogP contribution < -0.4 is 0 Å². The van der Waals surface area contributed by atoms with E-state index in [0.29, 0.717) is 18.7 Å². The second kappa shape index (κ2) is 8.56. The number of esters is 1. The summed E-state index contributed by atoms with van der Waals surface area (Å²) in [4.78, 5) is 27.5. The lowest BCUT2D eigenvalue weighted by atomic mass is 10.1. The van der Waals surface area contributed by atoms with Crippen molar-refractivity contribution in [2.45, 2.75) is 25.4 Å². The normalized spacial score (nSPS) is 15.4. The standard InChI is InChI=1S/C20H19Cl2NO3/c21-15-10-7-11-16(22)17(15)20(25)26-18(14-8-3-1-4-9-14)19(24)23-12-5-2-6-13-23/h1,3-4,7-11,18H,2,5-6,12-13H2/t18-/m0/s1. The predicted molar refractivity (Wildman–Crippen MR) is 101 cm³/mol. The Morgan fingerprint density at radius 3 is 2.12 bits per heavy atom. The van der Waals surface area contributed by atoms with Crippen LogP contribution in [0.3, 0.4) is 0 Å². The van der Waals surface area contributed by atoms with E-state index in [4.69, 9.17) is 27.9 Å². The van der Waals surface area contributed by atoms with Gasteiger partial charge in [0.25, 0.3) is 5.91 Å². The highest BCUT2D eigenvalue weighted by molar-refractivity contribution is 6.39. The van der Waals surface area contributed by atoms with Crippen molar-refractivity contribution in [2.75, 3.05) is 13.1 Å². The second-order valence-electron chi connectivity index (χ2n) is 6.18. The first-order chi connectivity index (χ1) is 12.6. The van der Waals surface area contributed by atoms with Crippen molar-refractivity contribution in [3.05, 3.63) is 69.7 Å². The van der Waals surface area contributed by atoms with E-state index in [1.165, 1.54) is 0 Å². The molecule has 4 nitrogen and oxygen atoms in total. The van der Waals surface area contributed by atoms with Gasteiger partial charge in [-0.05, 0) is 31.4 Å². The van der Waals surface area contributed by atoms with Crippen LogP contribution in [-0.2, 0) is 9.53 Å². The minimum Gasteiger partial charge on any atom is -0.444 e. The number of hydrogen-bond donors (Lipinski definition) is 0. The minimum absolute atomic E-state index is 0.0724. The minimum atomic E-state index is -1.02. The lowest BCUT2D eigenvalue weighted by Crippen LogP contribution is -2.40. The van der Waals surface area contributed by atoms with E-state index < -0.39 is 12.1 Å². The molecule has 1 aliphatic rings. The summed E-state index contributed by atoms with van der Waals surface area (Å²) in [5.41, 5.74) is 0.697. The third-order valence-corrected chi connectivity index (χ3v) is 5.02. The Morgan fingerprint density at radius 2 is 1.50 bits per heavy atom. The summed E-state index contributed by atoms with van der Waals surface area (Å²) in [5, 5.41) is 0.388. The number of rotatable bonds is 4. The van der Waals surface area contributed by atoms with Crippen molar-refractivity contribution in [2.24, 2.45) is 0 Å². The van der Waals surface area contributed by atoms with Crippen molar-refractivity contribution in [3.63, 3.8) is 0 Å². The van der Waals surface area contributed by atoms with Gasteiger partial charge in [-0.25, -0.2) is 4.79 Å². The fourth-order valence-corrected chi connectivity index (χ4v) is 3.58. The summed E-state index contributed by atoms with van der Waals surface area (Å²) in [6.45, 7) is 1.35. The van der Waals surface area contributed by atoms with Crippen molar-refractivity contribution >= 4 is 35.1 Å². The molecule has 0 bridgehead atoms. The predicted octanol–water partition coefficient (Wildman–Crippen LogP) is 4.90. The molecule has 0 spiro atoms. The maximum absolute atomic E-state index is 13.0. The molecule has 0 radical (unpaired) electrons. The first-order valence-electron chi connectivity index (χ1n) is 8.56. The molecule has 26 heavy (non-hydrogen) atoms. The van der Waals surface area contributed by atoms with E-state index in [1.807, 2.05) is 18.2 Å². The van der Waals surface area contributed by atoms with Gasteiger partial charge in [0.15, 0.2) is 0 Å². The molecule has 0 N–H and O–H groups in total. The molecule has 1 fully saturated rings. The monoisotopic (exact) mass is 391 g/mol. The molecule has 1 heterocycles. The van der Waals surface area contributed by atoms with Crippen LogP contribution in [0.4, 0.5) is 0 Å². The molecule has 2 aromatic carbocycles. The van der Waals surface area contributed by atoms with Crippen LogP contribution in [0.5, 0.6) is 0 Å². The van der Waals surface area contributed by atoms with Crippen LogP contribution in [0.2, 0.25) is 10.0 Å². The SMILES string of the molecule is O=C(O[C@H](C(=O)N1CCCCC1)c1ccccc1)c1c(Cl)cccc1Cl. The number of amides is 1. The van der Waals surface area contributed by atoms with Gasteiger partial charge in [0, 0.05) is 18.7 Å². The summed E-state index contributed by atoms with van der Waals surface area (Å²) in [6, 6.07) is 13.8. The second-order valence-corrected chi connectivity index (χ2v) is 6.99. The molecule has 1 atom stereocenters. The zero-order valence-corrected chi connectivity index (χ0v) is 15.7. The number of hydrogen-bond acceptors (Lipinski definition) is 3. The molecule has 1 amide bonds. The Labute approximate surface area is 162 Å². The molecule has 3 rings (SSSR count). The van der Waals surface area contributed by atoms with E-state index in [2.05, 4.69) is 0 Å². The van der Waals surface area contributed by atoms with E-state index >= 15 is 0 Å². The molecule has 136 valence electrons. The number of carbonyl (C=O) groups excluding carboxylic acids is 2.